The number of hydrogen-bond acceptors (Lipinski definition) is 5. The number of benzene rings is 1. The topological polar surface area (TPSA) is 57.7 Å². The van der Waals surface area contributed by atoms with Crippen LogP contribution in [0.25, 0.3) is 0 Å². The molecule has 0 bridgehead atoms. The summed E-state index contributed by atoms with van der Waals surface area (Å²) in [6.07, 6.45) is 0. The molecule has 3 rings (SSSR count). The Bertz CT molecular complexity index is 694. The third kappa shape index (κ3) is 3.83. The number of anilines is 3. The van der Waals surface area contributed by atoms with Crippen molar-refractivity contribution in [2.75, 3.05) is 55.5 Å². The van der Waals surface area contributed by atoms with E-state index in [9.17, 15) is 4.79 Å². The fourth-order valence-corrected chi connectivity index (χ4v) is 2.56. The van der Waals surface area contributed by atoms with Crippen molar-refractivity contribution < 1.29 is 9.53 Å². The van der Waals surface area contributed by atoms with E-state index < -0.39 is 0 Å². The van der Waals surface area contributed by atoms with E-state index in [0.717, 1.165) is 30.3 Å². The lowest BCUT2D eigenvalue weighted by atomic mass is 10.2. The Labute approximate surface area is 142 Å². The third-order valence-electron chi connectivity index (χ3n) is 3.94. The van der Waals surface area contributed by atoms with Crippen molar-refractivity contribution in [2.24, 2.45) is 0 Å². The second-order valence-electron chi connectivity index (χ2n) is 5.88. The molecule has 0 unspecified atom stereocenters. The van der Waals surface area contributed by atoms with Crippen LogP contribution in [0.5, 0.6) is 0 Å². The molecule has 1 aliphatic rings. The minimum absolute atomic E-state index is 0.206. The number of pyridine rings is 1. The number of ether oxygens (including phenoxy) is 1. The molecule has 0 atom stereocenters. The summed E-state index contributed by atoms with van der Waals surface area (Å²) in [4.78, 5) is 21.1. The Morgan fingerprint density at radius 1 is 1.12 bits per heavy atom. The van der Waals surface area contributed by atoms with Gasteiger partial charge in [-0.1, -0.05) is 6.07 Å². The Balaban J connectivity index is 1.70. The average molecular weight is 326 g/mol. The van der Waals surface area contributed by atoms with Crippen molar-refractivity contribution in [3.63, 3.8) is 0 Å². The van der Waals surface area contributed by atoms with Gasteiger partial charge < -0.3 is 19.9 Å². The lowest BCUT2D eigenvalue weighted by Crippen LogP contribution is -2.37. The van der Waals surface area contributed by atoms with Crippen molar-refractivity contribution in [1.82, 2.24) is 4.98 Å². The van der Waals surface area contributed by atoms with E-state index in [1.165, 1.54) is 0 Å². The van der Waals surface area contributed by atoms with Gasteiger partial charge in [0.1, 0.15) is 11.5 Å². The van der Waals surface area contributed by atoms with Crippen LogP contribution in [0.15, 0.2) is 42.5 Å². The van der Waals surface area contributed by atoms with E-state index in [1.54, 1.807) is 6.07 Å². The molecule has 2 aromatic rings. The van der Waals surface area contributed by atoms with Crippen molar-refractivity contribution in [3.05, 3.63) is 48.2 Å². The van der Waals surface area contributed by atoms with Gasteiger partial charge in [0, 0.05) is 38.6 Å². The van der Waals surface area contributed by atoms with Crippen molar-refractivity contribution in [1.29, 1.82) is 0 Å². The van der Waals surface area contributed by atoms with Gasteiger partial charge in [-0.2, -0.15) is 0 Å². The maximum atomic E-state index is 12.4. The molecular formula is C18H22N4O2. The Morgan fingerprint density at radius 3 is 2.50 bits per heavy atom. The summed E-state index contributed by atoms with van der Waals surface area (Å²) in [6, 6.07) is 13.2. The summed E-state index contributed by atoms with van der Waals surface area (Å²) in [6.45, 7) is 2.97. The number of aromatic nitrogens is 1. The molecule has 1 aliphatic heterocycles. The van der Waals surface area contributed by atoms with E-state index in [-0.39, 0.29) is 5.91 Å². The van der Waals surface area contributed by atoms with Crippen LogP contribution in [0.1, 0.15) is 10.5 Å². The van der Waals surface area contributed by atoms with Crippen molar-refractivity contribution >= 4 is 23.1 Å². The monoisotopic (exact) mass is 326 g/mol. The highest BCUT2D eigenvalue weighted by Crippen LogP contribution is 2.17. The van der Waals surface area contributed by atoms with Gasteiger partial charge in [0.05, 0.1) is 13.2 Å². The molecule has 2 heterocycles. The normalized spacial score (nSPS) is 14.3. The molecular weight excluding hydrogens is 304 g/mol. The lowest BCUT2D eigenvalue weighted by Gasteiger charge is -2.27. The van der Waals surface area contributed by atoms with Crippen LogP contribution in [0.2, 0.25) is 0 Å². The minimum Gasteiger partial charge on any atom is -0.378 e. The maximum absolute atomic E-state index is 12.4. The third-order valence-corrected chi connectivity index (χ3v) is 3.94. The molecule has 1 N–H and O–H groups in total. The van der Waals surface area contributed by atoms with Crippen LogP contribution in [0.4, 0.5) is 17.2 Å². The molecule has 0 aliphatic carbocycles. The zero-order valence-corrected chi connectivity index (χ0v) is 14.0. The van der Waals surface area contributed by atoms with Gasteiger partial charge in [-0.25, -0.2) is 4.98 Å². The van der Waals surface area contributed by atoms with Gasteiger partial charge in [0.25, 0.3) is 5.91 Å². The van der Waals surface area contributed by atoms with E-state index in [4.69, 9.17) is 4.74 Å². The van der Waals surface area contributed by atoms with Crippen LogP contribution < -0.4 is 15.1 Å². The molecule has 126 valence electrons. The summed E-state index contributed by atoms with van der Waals surface area (Å²) >= 11 is 0. The summed E-state index contributed by atoms with van der Waals surface area (Å²) in [5.74, 6) is 0.608. The van der Waals surface area contributed by atoms with Gasteiger partial charge in [0.15, 0.2) is 0 Å². The molecule has 24 heavy (non-hydrogen) atoms. The summed E-state index contributed by atoms with van der Waals surface area (Å²) in [5, 5.41) is 2.89. The largest absolute Gasteiger partial charge is 0.378 e. The quantitative estimate of drug-likeness (QED) is 0.934. The second-order valence-corrected chi connectivity index (χ2v) is 5.88. The molecule has 0 spiro atoms. The van der Waals surface area contributed by atoms with Gasteiger partial charge in [0.2, 0.25) is 0 Å². The predicted molar refractivity (Wildman–Crippen MR) is 96.0 cm³/mol. The van der Waals surface area contributed by atoms with Crippen LogP contribution in [-0.2, 0) is 4.74 Å². The van der Waals surface area contributed by atoms with Gasteiger partial charge in [-0.3, -0.25) is 4.79 Å². The zero-order valence-electron chi connectivity index (χ0n) is 14.0. The Morgan fingerprint density at radius 2 is 1.83 bits per heavy atom. The predicted octanol–water partition coefficient (Wildman–Crippen LogP) is 2.24. The molecule has 1 aromatic carbocycles. The summed E-state index contributed by atoms with van der Waals surface area (Å²) in [5.41, 5.74) is 2.25. The number of carbonyl (C=O) groups is 1. The summed E-state index contributed by atoms with van der Waals surface area (Å²) < 4.78 is 5.35. The first-order valence-electron chi connectivity index (χ1n) is 8.02. The second kappa shape index (κ2) is 7.31. The Hall–Kier alpha value is -2.60. The Kier molecular flexibility index (Phi) is 4.96. The van der Waals surface area contributed by atoms with Crippen molar-refractivity contribution in [2.45, 2.75) is 0 Å². The fraction of sp³-hybridized carbons (Fsp3) is 0.333. The van der Waals surface area contributed by atoms with E-state index in [0.29, 0.717) is 18.9 Å². The summed E-state index contributed by atoms with van der Waals surface area (Å²) in [7, 11) is 3.96. The standard InChI is InChI=1S/C18H22N4O2/c1-21(2)15-8-6-14(7-9-15)19-18(23)16-4-3-5-17(20-16)22-10-12-24-13-11-22/h3-9H,10-13H2,1-2H3,(H,19,23). The maximum Gasteiger partial charge on any atom is 0.274 e. The fourth-order valence-electron chi connectivity index (χ4n) is 2.56. The number of hydrogen-bond donors (Lipinski definition) is 1. The highest BCUT2D eigenvalue weighted by molar-refractivity contribution is 6.03. The lowest BCUT2D eigenvalue weighted by molar-refractivity contribution is 0.102. The molecule has 6 heteroatoms. The zero-order chi connectivity index (χ0) is 16.9. The van der Waals surface area contributed by atoms with Crippen LogP contribution in [-0.4, -0.2) is 51.3 Å². The van der Waals surface area contributed by atoms with Crippen LogP contribution >= 0.6 is 0 Å². The smallest absolute Gasteiger partial charge is 0.274 e. The van der Waals surface area contributed by atoms with Gasteiger partial charge in [-0.05, 0) is 36.4 Å². The minimum atomic E-state index is -0.206. The van der Waals surface area contributed by atoms with E-state index >= 15 is 0 Å². The first kappa shape index (κ1) is 16.3. The molecule has 0 radical (unpaired) electrons. The van der Waals surface area contributed by atoms with Crippen molar-refractivity contribution in [3.8, 4) is 0 Å². The number of nitrogens with one attached hydrogen (secondary N) is 1. The molecule has 1 fully saturated rings. The van der Waals surface area contributed by atoms with E-state index in [2.05, 4.69) is 15.2 Å². The number of amides is 1. The first-order valence-corrected chi connectivity index (χ1v) is 8.02. The molecule has 0 saturated carbocycles. The number of nitrogens with zero attached hydrogens (tertiary/aromatic N) is 3. The molecule has 6 nitrogen and oxygen atoms in total. The first-order chi connectivity index (χ1) is 11.6. The van der Waals surface area contributed by atoms with Crippen LogP contribution in [0.3, 0.4) is 0 Å². The molecule has 1 aromatic heterocycles. The molecule has 1 amide bonds. The highest BCUT2D eigenvalue weighted by atomic mass is 16.5. The van der Waals surface area contributed by atoms with Crippen LogP contribution in [0, 0.1) is 0 Å². The van der Waals surface area contributed by atoms with E-state index in [1.807, 2.05) is 55.4 Å². The van der Waals surface area contributed by atoms with Gasteiger partial charge in [-0.15, -0.1) is 0 Å². The SMILES string of the molecule is CN(C)c1ccc(NC(=O)c2cccc(N3CCOCC3)n2)cc1. The highest BCUT2D eigenvalue weighted by Gasteiger charge is 2.15. The number of morpholine rings is 1. The number of carbonyl (C=O) groups excluding carboxylic acids is 1. The molecule has 1 saturated heterocycles. The van der Waals surface area contributed by atoms with Gasteiger partial charge >= 0.3 is 0 Å². The number of rotatable bonds is 4. The average Bonchev–Trinajstić information content (AvgIpc) is 2.63.